The molecule has 1 aliphatic rings. The standard InChI is InChI=1S/C14H25N5O/c1-4-19(5-2)13-16-12(15)17-14(18-13)20-11-9-7-6-8-10(11)3/h10-11H,4-9H2,1-3H3,(H2,15,16,17,18). The summed E-state index contributed by atoms with van der Waals surface area (Å²) in [5.74, 6) is 1.36. The molecular formula is C14H25N5O. The molecule has 0 aliphatic heterocycles. The van der Waals surface area contributed by atoms with Crippen molar-refractivity contribution in [3.8, 4) is 6.01 Å². The SMILES string of the molecule is CCN(CC)c1nc(N)nc(OC2CCCCC2C)n1. The zero-order chi connectivity index (χ0) is 14.5. The van der Waals surface area contributed by atoms with Crippen molar-refractivity contribution in [1.29, 1.82) is 0 Å². The summed E-state index contributed by atoms with van der Waals surface area (Å²) in [6.45, 7) is 8.01. The quantitative estimate of drug-likeness (QED) is 0.890. The third kappa shape index (κ3) is 3.49. The van der Waals surface area contributed by atoms with Crippen molar-refractivity contribution in [1.82, 2.24) is 15.0 Å². The Morgan fingerprint density at radius 1 is 1.15 bits per heavy atom. The Morgan fingerprint density at radius 3 is 2.50 bits per heavy atom. The Labute approximate surface area is 120 Å². The van der Waals surface area contributed by atoms with Crippen molar-refractivity contribution in [2.75, 3.05) is 23.7 Å². The molecule has 2 rings (SSSR count). The van der Waals surface area contributed by atoms with E-state index in [1.54, 1.807) is 0 Å². The average molecular weight is 279 g/mol. The highest BCUT2D eigenvalue weighted by atomic mass is 16.5. The summed E-state index contributed by atoms with van der Waals surface area (Å²) in [6, 6.07) is 0.359. The normalized spacial score (nSPS) is 22.6. The topological polar surface area (TPSA) is 77.2 Å². The molecule has 1 aromatic heterocycles. The molecule has 2 atom stereocenters. The minimum Gasteiger partial charge on any atom is -0.460 e. The van der Waals surface area contributed by atoms with Crippen LogP contribution in [0.5, 0.6) is 6.01 Å². The Kier molecular flexibility index (Phi) is 4.98. The van der Waals surface area contributed by atoms with Gasteiger partial charge in [0.2, 0.25) is 11.9 Å². The van der Waals surface area contributed by atoms with Crippen molar-refractivity contribution < 1.29 is 4.74 Å². The highest BCUT2D eigenvalue weighted by Crippen LogP contribution is 2.27. The highest BCUT2D eigenvalue weighted by Gasteiger charge is 2.24. The summed E-state index contributed by atoms with van der Waals surface area (Å²) in [6.07, 6.45) is 4.94. The molecule has 1 fully saturated rings. The fourth-order valence-electron chi connectivity index (χ4n) is 2.65. The smallest absolute Gasteiger partial charge is 0.323 e. The Balaban J connectivity index is 2.14. The van der Waals surface area contributed by atoms with Gasteiger partial charge in [-0.2, -0.15) is 15.0 Å². The molecule has 2 N–H and O–H groups in total. The number of anilines is 2. The summed E-state index contributed by atoms with van der Waals surface area (Å²) in [5.41, 5.74) is 5.78. The number of nitrogens with zero attached hydrogens (tertiary/aromatic N) is 4. The van der Waals surface area contributed by atoms with Crippen LogP contribution in [0.1, 0.15) is 46.5 Å². The van der Waals surface area contributed by atoms with Gasteiger partial charge in [-0.05, 0) is 39.0 Å². The lowest BCUT2D eigenvalue weighted by Gasteiger charge is -2.28. The lowest BCUT2D eigenvalue weighted by atomic mass is 9.88. The van der Waals surface area contributed by atoms with E-state index in [2.05, 4.69) is 35.7 Å². The van der Waals surface area contributed by atoms with Crippen LogP contribution in [0.25, 0.3) is 0 Å². The van der Waals surface area contributed by atoms with Crippen LogP contribution in [0, 0.1) is 5.92 Å². The minimum atomic E-state index is 0.190. The minimum absolute atomic E-state index is 0.190. The molecule has 0 aromatic carbocycles. The predicted octanol–water partition coefficient (Wildman–Crippen LogP) is 2.26. The van der Waals surface area contributed by atoms with Gasteiger partial charge >= 0.3 is 6.01 Å². The number of aromatic nitrogens is 3. The van der Waals surface area contributed by atoms with Crippen LogP contribution in [0.15, 0.2) is 0 Å². The number of rotatable bonds is 5. The van der Waals surface area contributed by atoms with E-state index < -0.39 is 0 Å². The van der Waals surface area contributed by atoms with Crippen molar-refractivity contribution in [2.45, 2.75) is 52.6 Å². The van der Waals surface area contributed by atoms with E-state index in [4.69, 9.17) is 10.5 Å². The maximum atomic E-state index is 5.96. The number of hydrogen-bond acceptors (Lipinski definition) is 6. The molecule has 20 heavy (non-hydrogen) atoms. The third-order valence-electron chi connectivity index (χ3n) is 3.96. The molecule has 2 unspecified atom stereocenters. The van der Waals surface area contributed by atoms with E-state index in [1.165, 1.54) is 19.3 Å². The van der Waals surface area contributed by atoms with Crippen LogP contribution < -0.4 is 15.4 Å². The molecular weight excluding hydrogens is 254 g/mol. The molecule has 0 radical (unpaired) electrons. The van der Waals surface area contributed by atoms with Gasteiger partial charge in [0.25, 0.3) is 0 Å². The molecule has 0 spiro atoms. The Bertz CT molecular complexity index is 436. The molecule has 1 saturated carbocycles. The highest BCUT2D eigenvalue weighted by molar-refractivity contribution is 5.35. The maximum Gasteiger partial charge on any atom is 0.323 e. The van der Waals surface area contributed by atoms with Crippen LogP contribution in [-0.4, -0.2) is 34.1 Å². The zero-order valence-corrected chi connectivity index (χ0v) is 12.7. The summed E-state index contributed by atoms with van der Waals surface area (Å²) >= 11 is 0. The lowest BCUT2D eigenvalue weighted by molar-refractivity contribution is 0.0923. The summed E-state index contributed by atoms with van der Waals surface area (Å²) in [4.78, 5) is 14.8. The summed E-state index contributed by atoms with van der Waals surface area (Å²) in [5, 5.41) is 0. The van der Waals surface area contributed by atoms with Crippen LogP contribution in [0.3, 0.4) is 0 Å². The van der Waals surface area contributed by atoms with Crippen molar-refractivity contribution in [3.05, 3.63) is 0 Å². The van der Waals surface area contributed by atoms with Gasteiger partial charge in [0.05, 0.1) is 0 Å². The average Bonchev–Trinajstić information content (AvgIpc) is 2.42. The molecule has 0 saturated heterocycles. The number of nitrogen functional groups attached to an aromatic ring is 1. The van der Waals surface area contributed by atoms with Crippen LogP contribution >= 0.6 is 0 Å². The van der Waals surface area contributed by atoms with Crippen molar-refractivity contribution in [3.63, 3.8) is 0 Å². The van der Waals surface area contributed by atoms with Gasteiger partial charge in [-0.1, -0.05) is 13.3 Å². The van der Waals surface area contributed by atoms with E-state index in [1.807, 2.05) is 4.90 Å². The maximum absolute atomic E-state index is 5.96. The first-order valence-electron chi connectivity index (χ1n) is 7.57. The van der Waals surface area contributed by atoms with Crippen LogP contribution in [-0.2, 0) is 0 Å². The first-order valence-corrected chi connectivity index (χ1v) is 7.57. The first-order chi connectivity index (χ1) is 9.63. The van der Waals surface area contributed by atoms with Gasteiger partial charge in [0.1, 0.15) is 6.10 Å². The molecule has 1 aromatic rings. The van der Waals surface area contributed by atoms with Gasteiger partial charge in [-0.15, -0.1) is 0 Å². The second-order valence-electron chi connectivity index (χ2n) is 5.37. The van der Waals surface area contributed by atoms with Crippen molar-refractivity contribution in [2.24, 2.45) is 5.92 Å². The van der Waals surface area contributed by atoms with Crippen molar-refractivity contribution >= 4 is 11.9 Å². The summed E-state index contributed by atoms with van der Waals surface area (Å²) in [7, 11) is 0. The van der Waals surface area contributed by atoms with E-state index >= 15 is 0 Å². The fourth-order valence-corrected chi connectivity index (χ4v) is 2.65. The van der Waals surface area contributed by atoms with Crippen LogP contribution in [0.2, 0.25) is 0 Å². The zero-order valence-electron chi connectivity index (χ0n) is 12.7. The van der Waals surface area contributed by atoms with E-state index in [-0.39, 0.29) is 12.1 Å². The molecule has 112 valence electrons. The Morgan fingerprint density at radius 2 is 1.85 bits per heavy atom. The molecule has 6 nitrogen and oxygen atoms in total. The second kappa shape index (κ2) is 6.72. The van der Waals surface area contributed by atoms with E-state index in [9.17, 15) is 0 Å². The first kappa shape index (κ1) is 14.8. The Hall–Kier alpha value is -1.59. The molecule has 1 aliphatic carbocycles. The molecule has 0 bridgehead atoms. The predicted molar refractivity (Wildman–Crippen MR) is 79.8 cm³/mol. The second-order valence-corrected chi connectivity index (χ2v) is 5.37. The molecule has 1 heterocycles. The van der Waals surface area contributed by atoms with Gasteiger partial charge in [0.15, 0.2) is 0 Å². The van der Waals surface area contributed by atoms with Crippen LogP contribution in [0.4, 0.5) is 11.9 Å². The molecule has 6 heteroatoms. The van der Waals surface area contributed by atoms with E-state index in [0.29, 0.717) is 17.9 Å². The largest absolute Gasteiger partial charge is 0.460 e. The number of nitrogens with two attached hydrogens (primary N) is 1. The number of ether oxygens (including phenoxy) is 1. The van der Waals surface area contributed by atoms with Gasteiger partial charge in [0, 0.05) is 13.1 Å². The van der Waals surface area contributed by atoms with Gasteiger partial charge < -0.3 is 15.4 Å². The van der Waals surface area contributed by atoms with Gasteiger partial charge in [-0.25, -0.2) is 0 Å². The van der Waals surface area contributed by atoms with Gasteiger partial charge in [-0.3, -0.25) is 0 Å². The number of hydrogen-bond donors (Lipinski definition) is 1. The lowest BCUT2D eigenvalue weighted by Crippen LogP contribution is -2.30. The monoisotopic (exact) mass is 279 g/mol. The van der Waals surface area contributed by atoms with E-state index in [0.717, 1.165) is 19.5 Å². The fraction of sp³-hybridized carbons (Fsp3) is 0.786. The third-order valence-corrected chi connectivity index (χ3v) is 3.96. The summed E-state index contributed by atoms with van der Waals surface area (Å²) < 4.78 is 5.96. The molecule has 0 amide bonds.